The number of carbonyl (C=O) groups excluding carboxylic acids is 1. The average Bonchev–Trinajstić information content (AvgIpc) is 3.09. The van der Waals surface area contributed by atoms with Crippen LogP contribution >= 0.6 is 10.7 Å². The van der Waals surface area contributed by atoms with Crippen molar-refractivity contribution in [1.29, 1.82) is 0 Å². The Kier molecular flexibility index (Phi) is 3.33. The lowest BCUT2D eigenvalue weighted by Crippen LogP contribution is -2.11. The Morgan fingerprint density at radius 1 is 1.44 bits per heavy atom. The lowest BCUT2D eigenvalue weighted by Gasteiger charge is -2.09. The fourth-order valence-electron chi connectivity index (χ4n) is 1.79. The van der Waals surface area contributed by atoms with Gasteiger partial charge in [0.15, 0.2) is 0 Å². The van der Waals surface area contributed by atoms with E-state index in [4.69, 9.17) is 10.7 Å². The van der Waals surface area contributed by atoms with Crippen LogP contribution in [0.15, 0.2) is 17.0 Å². The van der Waals surface area contributed by atoms with Crippen molar-refractivity contribution in [3.8, 4) is 0 Å². The summed E-state index contributed by atoms with van der Waals surface area (Å²) in [5.41, 5.74) is -0.101. The van der Waals surface area contributed by atoms with E-state index in [1.54, 1.807) is 0 Å². The molecule has 1 aromatic rings. The molecule has 0 N–H and O–H groups in total. The first kappa shape index (κ1) is 13.3. The van der Waals surface area contributed by atoms with Crippen molar-refractivity contribution in [3.05, 3.63) is 29.1 Å². The molecule has 98 valence electrons. The molecule has 7 heteroatoms. The highest BCUT2D eigenvalue weighted by Crippen LogP contribution is 2.43. The van der Waals surface area contributed by atoms with Gasteiger partial charge in [-0.25, -0.2) is 17.6 Å². The Hall–Kier alpha value is -1.14. The summed E-state index contributed by atoms with van der Waals surface area (Å²) in [4.78, 5) is 10.6. The molecule has 0 atom stereocenters. The predicted molar refractivity (Wildman–Crippen MR) is 62.8 cm³/mol. The number of carbonyl (C=O) groups is 1. The van der Waals surface area contributed by atoms with E-state index in [-0.39, 0.29) is 17.0 Å². The SMILES string of the molecule is COC(=O)c1ccc(C2CC2)c(F)c1S(=O)(=O)Cl. The Bertz CT molecular complexity index is 608. The summed E-state index contributed by atoms with van der Waals surface area (Å²) in [7, 11) is 1.92. The summed E-state index contributed by atoms with van der Waals surface area (Å²) >= 11 is 0. The van der Waals surface area contributed by atoms with Crippen molar-refractivity contribution < 1.29 is 22.3 Å². The molecule has 0 aromatic heterocycles. The van der Waals surface area contributed by atoms with Gasteiger partial charge in [0.2, 0.25) is 0 Å². The van der Waals surface area contributed by atoms with Gasteiger partial charge in [0, 0.05) is 10.7 Å². The number of halogens is 2. The minimum atomic E-state index is -4.35. The van der Waals surface area contributed by atoms with Gasteiger partial charge in [-0.2, -0.15) is 0 Å². The molecule has 18 heavy (non-hydrogen) atoms. The molecule has 0 aliphatic heterocycles. The topological polar surface area (TPSA) is 60.4 Å². The second-order valence-corrected chi connectivity index (χ2v) is 6.55. The number of hydrogen-bond acceptors (Lipinski definition) is 4. The summed E-state index contributed by atoms with van der Waals surface area (Å²) < 4.78 is 41.4. The molecule has 0 unspecified atom stereocenters. The van der Waals surface area contributed by atoms with E-state index in [1.165, 1.54) is 12.1 Å². The second-order valence-electron chi connectivity index (χ2n) is 4.05. The highest BCUT2D eigenvalue weighted by molar-refractivity contribution is 8.13. The molecule has 0 radical (unpaired) electrons. The minimum absolute atomic E-state index is 0.00821. The second kappa shape index (κ2) is 4.51. The Morgan fingerprint density at radius 2 is 2.06 bits per heavy atom. The summed E-state index contributed by atoms with van der Waals surface area (Å²) in [5, 5.41) is 0. The maximum absolute atomic E-state index is 14.1. The zero-order valence-electron chi connectivity index (χ0n) is 9.44. The van der Waals surface area contributed by atoms with Gasteiger partial charge in [0.25, 0.3) is 9.05 Å². The molecule has 2 rings (SSSR count). The van der Waals surface area contributed by atoms with Crippen LogP contribution in [0.5, 0.6) is 0 Å². The van der Waals surface area contributed by atoms with Gasteiger partial charge in [0.05, 0.1) is 12.7 Å². The highest BCUT2D eigenvalue weighted by atomic mass is 35.7. The molecule has 1 aliphatic carbocycles. The number of benzene rings is 1. The quantitative estimate of drug-likeness (QED) is 0.634. The van der Waals surface area contributed by atoms with E-state index in [0.717, 1.165) is 20.0 Å². The first-order valence-corrected chi connectivity index (χ1v) is 7.52. The van der Waals surface area contributed by atoms with Gasteiger partial charge < -0.3 is 4.74 Å². The number of methoxy groups -OCH3 is 1. The summed E-state index contributed by atoms with van der Waals surface area (Å²) in [6, 6.07) is 2.64. The van der Waals surface area contributed by atoms with Crippen molar-refractivity contribution in [2.45, 2.75) is 23.7 Å². The maximum Gasteiger partial charge on any atom is 0.339 e. The zero-order valence-corrected chi connectivity index (χ0v) is 11.0. The largest absolute Gasteiger partial charge is 0.465 e. The summed E-state index contributed by atoms with van der Waals surface area (Å²) in [6.07, 6.45) is 1.60. The van der Waals surface area contributed by atoms with Crippen LogP contribution < -0.4 is 0 Å². The third-order valence-corrected chi connectivity index (χ3v) is 4.14. The van der Waals surface area contributed by atoms with Crippen molar-refractivity contribution in [3.63, 3.8) is 0 Å². The van der Waals surface area contributed by atoms with E-state index in [1.807, 2.05) is 0 Å². The summed E-state index contributed by atoms with van der Waals surface area (Å²) in [5.74, 6) is -1.88. The van der Waals surface area contributed by atoms with Gasteiger partial charge >= 0.3 is 5.97 Å². The minimum Gasteiger partial charge on any atom is -0.465 e. The Labute approximate surface area is 108 Å². The number of ether oxygens (including phenoxy) is 1. The van der Waals surface area contributed by atoms with Gasteiger partial charge in [-0.05, 0) is 30.4 Å². The molecule has 0 bridgehead atoms. The molecule has 4 nitrogen and oxygen atoms in total. The van der Waals surface area contributed by atoms with E-state index in [0.29, 0.717) is 0 Å². The zero-order chi connectivity index (χ0) is 13.5. The molecular formula is C11H10ClFO4S. The van der Waals surface area contributed by atoms with Crippen LogP contribution in [-0.4, -0.2) is 21.5 Å². The van der Waals surface area contributed by atoms with Gasteiger partial charge in [0.1, 0.15) is 10.7 Å². The molecule has 0 amide bonds. The number of rotatable bonds is 3. The average molecular weight is 293 g/mol. The van der Waals surface area contributed by atoms with Crippen LogP contribution in [0.25, 0.3) is 0 Å². The fourth-order valence-corrected chi connectivity index (χ4v) is 2.99. The lowest BCUT2D eigenvalue weighted by molar-refractivity contribution is 0.0595. The Balaban J connectivity index is 2.69. The van der Waals surface area contributed by atoms with E-state index in [2.05, 4.69) is 4.74 Å². The highest BCUT2D eigenvalue weighted by Gasteiger charge is 2.33. The van der Waals surface area contributed by atoms with Crippen molar-refractivity contribution in [2.75, 3.05) is 7.11 Å². The standard InChI is InChI=1S/C11H10ClFO4S/c1-17-11(14)8-5-4-7(6-2-3-6)9(13)10(8)18(12,15)16/h4-6H,2-3H2,1H3. The van der Waals surface area contributed by atoms with Gasteiger partial charge in [-0.15, -0.1) is 0 Å². The van der Waals surface area contributed by atoms with Crippen LogP contribution in [0.4, 0.5) is 4.39 Å². The molecule has 1 saturated carbocycles. The van der Waals surface area contributed by atoms with E-state index < -0.39 is 25.7 Å². The molecule has 0 saturated heterocycles. The van der Waals surface area contributed by atoms with Crippen molar-refractivity contribution in [2.24, 2.45) is 0 Å². The first-order valence-electron chi connectivity index (χ1n) is 5.21. The number of esters is 1. The first-order chi connectivity index (χ1) is 8.36. The van der Waals surface area contributed by atoms with Crippen LogP contribution in [0, 0.1) is 5.82 Å². The van der Waals surface area contributed by atoms with Crippen molar-refractivity contribution >= 4 is 25.7 Å². The molecule has 0 heterocycles. The third kappa shape index (κ3) is 2.35. The van der Waals surface area contributed by atoms with Gasteiger partial charge in [-0.3, -0.25) is 0 Å². The third-order valence-electron chi connectivity index (χ3n) is 2.79. The number of hydrogen-bond donors (Lipinski definition) is 0. The monoisotopic (exact) mass is 292 g/mol. The molecule has 1 aromatic carbocycles. The van der Waals surface area contributed by atoms with Crippen molar-refractivity contribution in [1.82, 2.24) is 0 Å². The van der Waals surface area contributed by atoms with Crippen LogP contribution in [0.2, 0.25) is 0 Å². The van der Waals surface area contributed by atoms with Crippen LogP contribution in [-0.2, 0) is 13.8 Å². The molecule has 0 spiro atoms. The molecular weight excluding hydrogens is 283 g/mol. The smallest absolute Gasteiger partial charge is 0.339 e. The predicted octanol–water partition coefficient (Wildman–Crippen LogP) is 2.42. The molecule has 1 fully saturated rings. The summed E-state index contributed by atoms with van der Waals surface area (Å²) in [6.45, 7) is 0. The van der Waals surface area contributed by atoms with E-state index in [9.17, 15) is 17.6 Å². The van der Waals surface area contributed by atoms with Crippen LogP contribution in [0.1, 0.15) is 34.7 Å². The van der Waals surface area contributed by atoms with Crippen LogP contribution in [0.3, 0.4) is 0 Å². The van der Waals surface area contributed by atoms with E-state index >= 15 is 0 Å². The fraction of sp³-hybridized carbons (Fsp3) is 0.364. The van der Waals surface area contributed by atoms with Gasteiger partial charge in [-0.1, -0.05) is 6.07 Å². The maximum atomic E-state index is 14.1. The normalized spacial score (nSPS) is 15.5. The Morgan fingerprint density at radius 3 is 2.50 bits per heavy atom. The molecule has 1 aliphatic rings. The lowest BCUT2D eigenvalue weighted by atomic mass is 10.1.